The monoisotopic (exact) mass is 1450 g/mol. The molecule has 0 aromatic heterocycles. The molecule has 0 unspecified atom stereocenters. The number of hydrogen-bond acceptors (Lipinski definition) is 17. The van der Waals surface area contributed by atoms with Gasteiger partial charge in [0.15, 0.2) is 5.78 Å². The van der Waals surface area contributed by atoms with Crippen molar-refractivity contribution in [3.05, 3.63) is 144 Å². The molecule has 2 aliphatic rings. The van der Waals surface area contributed by atoms with Gasteiger partial charge in [-0.05, 0) is 198 Å². The number of halogens is 1. The Morgan fingerprint density at radius 3 is 1.20 bits per heavy atom. The fourth-order valence-corrected chi connectivity index (χ4v) is 11.0. The van der Waals surface area contributed by atoms with Gasteiger partial charge in [0.1, 0.15) is 70.3 Å². The van der Waals surface area contributed by atoms with Crippen molar-refractivity contribution >= 4 is 61.2 Å². The van der Waals surface area contributed by atoms with Crippen molar-refractivity contribution in [1.82, 2.24) is 14.7 Å². The van der Waals surface area contributed by atoms with Crippen molar-refractivity contribution in [2.24, 2.45) is 0 Å². The molecule has 4 aromatic carbocycles. The van der Waals surface area contributed by atoms with Gasteiger partial charge in [0.25, 0.3) is 0 Å². The first kappa shape index (κ1) is 93.9. The molecule has 21 nitrogen and oxygen atoms in total. The molecule has 2 saturated heterocycles. The number of nitrogens with one attached hydrogen (secondary N) is 2. The summed E-state index contributed by atoms with van der Waals surface area (Å²) in [5.74, 6) is -0.390. The van der Waals surface area contributed by atoms with Crippen LogP contribution in [0, 0.1) is 0 Å². The zero-order chi connectivity index (χ0) is 71.4. The number of aldehydes is 1. The second kappa shape index (κ2) is 40.9. The molecule has 0 saturated carbocycles. The first-order chi connectivity index (χ1) is 43.4. The molecule has 24 heteroatoms. The predicted molar refractivity (Wildman–Crippen MR) is 380 cm³/mol. The second-order valence-electron chi connectivity index (χ2n) is 28.1. The average molecular weight is 1450 g/mol. The van der Waals surface area contributed by atoms with E-state index in [9.17, 15) is 38.1 Å². The predicted octanol–water partition coefficient (Wildman–Crippen LogP) is 11.1. The van der Waals surface area contributed by atoms with Crippen molar-refractivity contribution in [2.45, 2.75) is 243 Å². The summed E-state index contributed by atoms with van der Waals surface area (Å²) in [5.41, 5.74) is 0.0168. The number of ketones is 2. The minimum absolute atomic E-state index is 0. The third-order valence-electron chi connectivity index (χ3n) is 13.9. The average Bonchev–Trinajstić information content (AvgIpc) is 1.62. The molecule has 98 heavy (non-hydrogen) atoms. The van der Waals surface area contributed by atoms with Crippen molar-refractivity contribution in [3.8, 4) is 0 Å². The third-order valence-corrected chi connectivity index (χ3v) is 15.7. The van der Waals surface area contributed by atoms with Gasteiger partial charge in [-0.3, -0.25) is 39.5 Å². The van der Waals surface area contributed by atoms with Gasteiger partial charge in [-0.1, -0.05) is 113 Å². The molecule has 2 fully saturated rings. The van der Waals surface area contributed by atoms with Gasteiger partial charge in [0.05, 0.1) is 6.04 Å². The van der Waals surface area contributed by atoms with E-state index in [2.05, 4.69) is 50.2 Å². The van der Waals surface area contributed by atoms with Gasteiger partial charge < -0.3 is 59.2 Å². The minimum atomic E-state index is -3.35. The van der Waals surface area contributed by atoms with Crippen LogP contribution in [-0.4, -0.2) is 142 Å². The summed E-state index contributed by atoms with van der Waals surface area (Å²) >= 11 is 0. The first-order valence-corrected chi connectivity index (χ1v) is 33.4. The van der Waals surface area contributed by atoms with Gasteiger partial charge in [-0.25, -0.2) is 19.2 Å². The van der Waals surface area contributed by atoms with Crippen LogP contribution in [0.25, 0.3) is 0 Å². The number of benzene rings is 4. The Hall–Kier alpha value is -6.18. The SMILES string of the molecule is C.C.CC(C)(C)OC(=O)N1[C@H](C=O)[C@@H](c2ccccc2)OC1(C)C.CC(C)(C)OC(=O)Nc1ccc(CC(=O)/C=C/[C@@H]2[C@@H](c3ccccc3)OC(C)(C)N2C(=O)OC(C)(C)C)cc1.CCN(C(C)C)C(C)C.COP(=O)(CC(=O)Cc1ccc(NC(=O)OC(C)(C)C)cc1)OC.[Br-].[Li+]. The van der Waals surface area contributed by atoms with Crippen molar-refractivity contribution in [3.63, 3.8) is 0 Å². The normalized spacial score (nSPS) is 17.0. The van der Waals surface area contributed by atoms with Crippen LogP contribution >= 0.6 is 7.60 Å². The number of nitrogens with zero attached hydrogens (tertiary/aromatic N) is 3. The van der Waals surface area contributed by atoms with Crippen molar-refractivity contribution < 1.29 is 111 Å². The molecule has 2 N–H and O–H groups in total. The maximum absolute atomic E-state index is 13.3. The number of amides is 4. The minimum Gasteiger partial charge on any atom is -1.00 e. The van der Waals surface area contributed by atoms with Crippen molar-refractivity contribution in [2.75, 3.05) is 37.6 Å². The van der Waals surface area contributed by atoms with E-state index < -0.39 is 90.1 Å². The fourth-order valence-electron chi connectivity index (χ4n) is 10.1. The number of anilines is 2. The van der Waals surface area contributed by atoms with Crippen LogP contribution in [0.1, 0.15) is 195 Å². The number of Topliss-reactive ketones (excluding diaryl/α,β-unsaturated/α-hetero) is 1. The molecule has 0 bridgehead atoms. The summed E-state index contributed by atoms with van der Waals surface area (Å²) < 4.78 is 55.3. The first-order valence-electron chi connectivity index (χ1n) is 31.7. The molecule has 4 aromatic rings. The Bertz CT molecular complexity index is 3160. The summed E-state index contributed by atoms with van der Waals surface area (Å²) in [4.78, 5) is 91.3. The fraction of sp³-hybridized carbons (Fsp3) is 0.554. The Morgan fingerprint density at radius 2 is 0.898 bits per heavy atom. The number of carbonyl (C=O) groups excluding carboxylic acids is 7. The molecular formula is C74H114BrLiN5O16P. The molecular weight excluding hydrogens is 1330 g/mol. The summed E-state index contributed by atoms with van der Waals surface area (Å²) in [5, 5.41) is 5.28. The van der Waals surface area contributed by atoms with Gasteiger partial charge in [-0.15, -0.1) is 0 Å². The van der Waals surface area contributed by atoms with Gasteiger partial charge in [-0.2, -0.15) is 0 Å². The zero-order valence-corrected chi connectivity index (χ0v) is 63.6. The van der Waals surface area contributed by atoms with Crippen LogP contribution in [-0.2, 0) is 69.3 Å². The molecule has 0 aliphatic carbocycles. The van der Waals surface area contributed by atoms with Crippen LogP contribution in [0.2, 0.25) is 0 Å². The number of carbonyl (C=O) groups is 7. The van der Waals surface area contributed by atoms with Crippen LogP contribution in [0.5, 0.6) is 0 Å². The summed E-state index contributed by atoms with van der Waals surface area (Å²) in [7, 11) is -0.856. The molecule has 6 rings (SSSR count). The zero-order valence-electron chi connectivity index (χ0n) is 61.1. The van der Waals surface area contributed by atoms with E-state index >= 15 is 0 Å². The molecule has 2 aliphatic heterocycles. The van der Waals surface area contributed by atoms with Crippen LogP contribution in [0.3, 0.4) is 0 Å². The van der Waals surface area contributed by atoms with Crippen LogP contribution in [0.4, 0.5) is 30.6 Å². The van der Waals surface area contributed by atoms with E-state index in [4.69, 9.17) is 37.5 Å². The largest absolute Gasteiger partial charge is 1.00 e. The Kier molecular flexibility index (Phi) is 39.2. The molecule has 0 spiro atoms. The molecule has 0 radical (unpaired) electrons. The molecule has 2 heterocycles. The van der Waals surface area contributed by atoms with Gasteiger partial charge >= 0.3 is 50.8 Å². The number of rotatable bonds is 18. The Labute approximate surface area is 608 Å². The number of allylic oxidation sites excluding steroid dienone is 1. The molecule has 544 valence electrons. The molecule has 4 amide bonds. The van der Waals surface area contributed by atoms with E-state index in [1.165, 1.54) is 25.2 Å². The number of hydrogen-bond donors (Lipinski definition) is 2. The topological polar surface area (TPSA) is 244 Å². The van der Waals surface area contributed by atoms with Crippen molar-refractivity contribution in [1.29, 1.82) is 0 Å². The van der Waals surface area contributed by atoms with Crippen LogP contribution < -0.4 is 46.5 Å². The maximum Gasteiger partial charge on any atom is 1.00 e. The quantitative estimate of drug-likeness (QED) is 0.0309. The van der Waals surface area contributed by atoms with E-state index in [0.717, 1.165) is 35.1 Å². The third kappa shape index (κ3) is 32.4. The van der Waals surface area contributed by atoms with Gasteiger partial charge in [0.2, 0.25) is 0 Å². The van der Waals surface area contributed by atoms with E-state index in [1.54, 1.807) is 136 Å². The standard InChI is InChI=1S/C31H40N2O6.C17H23NO4.C16H24NO6P.C8H19N.2CH4.BrH.Li/c1-29(2,3)38-27(35)32-23-16-14-21(15-17-23)20-24(34)18-19-25-26(22-12-10-9-11-13-22)37-31(7,8)33(25)28(36)39-30(4,5)6;1-16(2,3)22-15(20)18-13(11-19)14(21-17(18,4)5)12-9-7-6-8-10-12;1-16(2,3)23-15(19)17-13-8-6-12(7-9-13)10-14(18)11-24(20,21-4)22-5;1-6-9(7(2)3)8(4)5;;;;/h9-19,25-26H,20H2,1-8H3,(H,32,35);6-11,13-14H,1-5H3;6-9H,10-11H2,1-5H3,(H,17,19);7-8H,6H2,1-5H3;2*1H4;1H;/q;;;;;;;+1/p-1/b19-18+;;;;;;;/t25-,26-;13-,14-;;;;;;/m11....../s1. The second-order valence-corrected chi connectivity index (χ2v) is 30.4. The molecule has 4 atom stereocenters. The summed E-state index contributed by atoms with van der Waals surface area (Å²) in [6.45, 7) is 41.0. The van der Waals surface area contributed by atoms with E-state index in [0.29, 0.717) is 23.5 Å². The van der Waals surface area contributed by atoms with E-state index in [-0.39, 0.29) is 81.3 Å². The smallest absolute Gasteiger partial charge is 1.00 e. The summed E-state index contributed by atoms with van der Waals surface area (Å²) in [6, 6.07) is 32.9. The Balaban J connectivity index is 0. The number of ether oxygens (including phenoxy) is 6. The Morgan fingerprint density at radius 1 is 0.561 bits per heavy atom. The summed E-state index contributed by atoms with van der Waals surface area (Å²) in [6.07, 6.45) is 0.810. The maximum atomic E-state index is 13.3. The van der Waals surface area contributed by atoms with Gasteiger partial charge in [0, 0.05) is 50.5 Å². The van der Waals surface area contributed by atoms with Crippen LogP contribution in [0.15, 0.2) is 121 Å². The van der Waals surface area contributed by atoms with E-state index in [1.807, 2.05) is 95.3 Å².